The second kappa shape index (κ2) is 4.19. The molecular formula is C14H16BrFN2. The van der Waals surface area contributed by atoms with Crippen molar-refractivity contribution >= 4 is 32.7 Å². The second-order valence-corrected chi connectivity index (χ2v) is 6.35. The van der Waals surface area contributed by atoms with Gasteiger partial charge < -0.3 is 5.73 Å². The number of aryl methyl sites for hydroxylation is 1. The van der Waals surface area contributed by atoms with E-state index in [1.807, 2.05) is 13.0 Å². The summed E-state index contributed by atoms with van der Waals surface area (Å²) >= 11 is 3.28. The number of rotatable bonds is 0. The summed E-state index contributed by atoms with van der Waals surface area (Å²) in [5, 5.41) is 0.770. The third-order valence-electron chi connectivity index (χ3n) is 3.02. The SMILES string of the molecule is Cc1cc(F)c(Br)c2cc(C(C)(C)C)c(N)nc12. The minimum absolute atomic E-state index is 0.120. The first-order chi connectivity index (χ1) is 8.21. The van der Waals surface area contributed by atoms with Crippen molar-refractivity contribution in [1.29, 1.82) is 0 Å². The van der Waals surface area contributed by atoms with Gasteiger partial charge in [0.05, 0.1) is 9.99 Å². The smallest absolute Gasteiger partial charge is 0.138 e. The Hall–Kier alpha value is -1.16. The van der Waals surface area contributed by atoms with Crippen LogP contribution in [0.3, 0.4) is 0 Å². The predicted octanol–water partition coefficient (Wildman–Crippen LogP) is 4.32. The van der Waals surface area contributed by atoms with Gasteiger partial charge in [0.15, 0.2) is 0 Å². The molecule has 0 spiro atoms. The lowest BCUT2D eigenvalue weighted by Crippen LogP contribution is -2.15. The Kier molecular flexibility index (Phi) is 3.09. The van der Waals surface area contributed by atoms with E-state index in [1.165, 1.54) is 6.07 Å². The zero-order valence-corrected chi connectivity index (χ0v) is 12.5. The van der Waals surface area contributed by atoms with Crippen molar-refractivity contribution in [3.05, 3.63) is 33.5 Å². The minimum atomic E-state index is -0.272. The van der Waals surface area contributed by atoms with E-state index in [-0.39, 0.29) is 11.2 Å². The first-order valence-corrected chi connectivity index (χ1v) is 6.56. The summed E-state index contributed by atoms with van der Waals surface area (Å²) in [7, 11) is 0. The highest BCUT2D eigenvalue weighted by atomic mass is 79.9. The molecule has 1 aromatic heterocycles. The lowest BCUT2D eigenvalue weighted by molar-refractivity contribution is 0.591. The molecule has 1 heterocycles. The van der Waals surface area contributed by atoms with E-state index < -0.39 is 0 Å². The first kappa shape index (κ1) is 13.3. The van der Waals surface area contributed by atoms with Crippen molar-refractivity contribution in [1.82, 2.24) is 4.98 Å². The lowest BCUT2D eigenvalue weighted by atomic mass is 9.86. The van der Waals surface area contributed by atoms with E-state index in [9.17, 15) is 4.39 Å². The van der Waals surface area contributed by atoms with Gasteiger partial charge in [0.2, 0.25) is 0 Å². The maximum atomic E-state index is 13.7. The molecule has 1 aromatic carbocycles. The Labute approximate surface area is 115 Å². The van der Waals surface area contributed by atoms with E-state index in [2.05, 4.69) is 41.7 Å². The Morgan fingerprint density at radius 3 is 2.44 bits per heavy atom. The molecule has 96 valence electrons. The van der Waals surface area contributed by atoms with Crippen molar-refractivity contribution in [3.8, 4) is 0 Å². The van der Waals surface area contributed by atoms with Gasteiger partial charge in [0.25, 0.3) is 0 Å². The van der Waals surface area contributed by atoms with Crippen LogP contribution in [0.15, 0.2) is 16.6 Å². The summed E-state index contributed by atoms with van der Waals surface area (Å²) < 4.78 is 14.2. The van der Waals surface area contributed by atoms with Gasteiger partial charge in [0, 0.05) is 10.9 Å². The highest BCUT2D eigenvalue weighted by Crippen LogP contribution is 2.34. The fourth-order valence-corrected chi connectivity index (χ4v) is 2.46. The van der Waals surface area contributed by atoms with Crippen LogP contribution in [0.2, 0.25) is 0 Å². The van der Waals surface area contributed by atoms with Gasteiger partial charge in [-0.15, -0.1) is 0 Å². The van der Waals surface area contributed by atoms with Crippen molar-refractivity contribution in [2.24, 2.45) is 0 Å². The third kappa shape index (κ3) is 2.09. The van der Waals surface area contributed by atoms with E-state index in [4.69, 9.17) is 5.73 Å². The Balaban J connectivity index is 2.90. The molecule has 0 radical (unpaired) electrons. The Morgan fingerprint density at radius 2 is 1.89 bits per heavy atom. The van der Waals surface area contributed by atoms with Crippen molar-refractivity contribution in [3.63, 3.8) is 0 Å². The minimum Gasteiger partial charge on any atom is -0.383 e. The van der Waals surface area contributed by atoms with Crippen LogP contribution in [0.25, 0.3) is 10.9 Å². The molecule has 2 N–H and O–H groups in total. The summed E-state index contributed by atoms with van der Waals surface area (Å²) in [4.78, 5) is 4.42. The monoisotopic (exact) mass is 310 g/mol. The van der Waals surface area contributed by atoms with Crippen LogP contribution in [0.4, 0.5) is 10.2 Å². The molecule has 0 fully saturated rings. The summed E-state index contributed by atoms with van der Waals surface area (Å²) in [6.07, 6.45) is 0. The number of nitrogens with zero attached hydrogens (tertiary/aromatic N) is 1. The fraction of sp³-hybridized carbons (Fsp3) is 0.357. The highest BCUT2D eigenvalue weighted by Gasteiger charge is 2.20. The fourth-order valence-electron chi connectivity index (χ4n) is 2.05. The molecule has 0 bridgehead atoms. The molecule has 0 aliphatic heterocycles. The highest BCUT2D eigenvalue weighted by molar-refractivity contribution is 9.10. The van der Waals surface area contributed by atoms with Crippen LogP contribution in [-0.4, -0.2) is 4.98 Å². The number of benzene rings is 1. The van der Waals surface area contributed by atoms with E-state index in [1.54, 1.807) is 0 Å². The largest absolute Gasteiger partial charge is 0.383 e. The number of nitrogens with two attached hydrogens (primary N) is 1. The molecular weight excluding hydrogens is 295 g/mol. The third-order valence-corrected chi connectivity index (χ3v) is 3.83. The topological polar surface area (TPSA) is 38.9 Å². The van der Waals surface area contributed by atoms with Crippen LogP contribution >= 0.6 is 15.9 Å². The van der Waals surface area contributed by atoms with Crippen LogP contribution in [0.5, 0.6) is 0 Å². The molecule has 2 aromatic rings. The average Bonchev–Trinajstić information content (AvgIpc) is 2.24. The van der Waals surface area contributed by atoms with Gasteiger partial charge in [-0.3, -0.25) is 0 Å². The van der Waals surface area contributed by atoms with E-state index >= 15 is 0 Å². The van der Waals surface area contributed by atoms with Crippen molar-refractivity contribution in [2.75, 3.05) is 5.73 Å². The van der Waals surface area contributed by atoms with Gasteiger partial charge in [-0.2, -0.15) is 0 Å². The van der Waals surface area contributed by atoms with Gasteiger partial charge in [-0.25, -0.2) is 9.37 Å². The molecule has 0 aliphatic rings. The Morgan fingerprint density at radius 1 is 1.28 bits per heavy atom. The number of hydrogen-bond donors (Lipinski definition) is 1. The first-order valence-electron chi connectivity index (χ1n) is 5.77. The van der Waals surface area contributed by atoms with Crippen LogP contribution < -0.4 is 5.73 Å². The van der Waals surface area contributed by atoms with Crippen molar-refractivity contribution in [2.45, 2.75) is 33.1 Å². The number of pyridine rings is 1. The van der Waals surface area contributed by atoms with Gasteiger partial charge in [-0.05, 0) is 46.0 Å². The normalized spacial score (nSPS) is 12.1. The summed E-state index contributed by atoms with van der Waals surface area (Å²) in [6, 6.07) is 3.40. The summed E-state index contributed by atoms with van der Waals surface area (Å²) in [6.45, 7) is 8.02. The zero-order valence-electron chi connectivity index (χ0n) is 10.9. The number of nitrogen functional groups attached to an aromatic ring is 1. The lowest BCUT2D eigenvalue weighted by Gasteiger charge is -2.21. The maximum absolute atomic E-state index is 13.7. The zero-order chi connectivity index (χ0) is 13.7. The van der Waals surface area contributed by atoms with Crippen LogP contribution in [0, 0.1) is 12.7 Å². The van der Waals surface area contributed by atoms with Crippen LogP contribution in [-0.2, 0) is 5.41 Å². The second-order valence-electron chi connectivity index (χ2n) is 5.56. The van der Waals surface area contributed by atoms with Crippen LogP contribution in [0.1, 0.15) is 31.9 Å². The maximum Gasteiger partial charge on any atom is 0.138 e. The number of aromatic nitrogens is 1. The molecule has 2 rings (SSSR count). The van der Waals surface area contributed by atoms with Gasteiger partial charge in [-0.1, -0.05) is 20.8 Å². The standard InChI is InChI=1S/C14H16BrFN2/c1-7-5-10(16)11(15)8-6-9(14(2,3)4)13(17)18-12(7)8/h5-6H,1-4H3,(H2,17,18). The van der Waals surface area contributed by atoms with Gasteiger partial charge in [0.1, 0.15) is 11.6 Å². The molecule has 18 heavy (non-hydrogen) atoms. The molecule has 0 atom stereocenters. The van der Waals surface area contributed by atoms with E-state index in [0.717, 1.165) is 22.0 Å². The summed E-state index contributed by atoms with van der Waals surface area (Å²) in [5.74, 6) is 0.239. The van der Waals surface area contributed by atoms with Gasteiger partial charge >= 0.3 is 0 Å². The Bertz CT molecular complexity index is 630. The molecule has 2 nitrogen and oxygen atoms in total. The quantitative estimate of drug-likeness (QED) is 0.787. The predicted molar refractivity (Wildman–Crippen MR) is 77.3 cm³/mol. The number of anilines is 1. The molecule has 0 saturated carbocycles. The molecule has 4 heteroatoms. The number of fused-ring (bicyclic) bond motifs is 1. The number of hydrogen-bond acceptors (Lipinski definition) is 2. The van der Waals surface area contributed by atoms with E-state index in [0.29, 0.717) is 10.3 Å². The molecule has 0 saturated heterocycles. The average molecular weight is 311 g/mol. The number of halogens is 2. The summed E-state index contributed by atoms with van der Waals surface area (Å²) in [5.41, 5.74) is 8.35. The molecule has 0 unspecified atom stereocenters. The molecule has 0 amide bonds. The van der Waals surface area contributed by atoms with Crippen molar-refractivity contribution < 1.29 is 4.39 Å². The molecule has 0 aliphatic carbocycles.